The summed E-state index contributed by atoms with van der Waals surface area (Å²) in [6.07, 6.45) is 1.34. The van der Waals surface area contributed by atoms with Gasteiger partial charge in [0.2, 0.25) is 0 Å². The van der Waals surface area contributed by atoms with E-state index in [2.05, 4.69) is 10.3 Å². The highest BCUT2D eigenvalue weighted by atomic mass is 16.5. The molecule has 0 saturated carbocycles. The number of hydrogen-bond donors (Lipinski definition) is 3. The van der Waals surface area contributed by atoms with Gasteiger partial charge in [-0.25, -0.2) is 9.78 Å². The smallest absolute Gasteiger partial charge is 0.354 e. The van der Waals surface area contributed by atoms with E-state index in [4.69, 9.17) is 9.84 Å². The molecule has 0 aliphatic carbocycles. The molecule has 0 spiro atoms. The lowest BCUT2D eigenvalue weighted by atomic mass is 9.91. The van der Waals surface area contributed by atoms with Gasteiger partial charge in [0.15, 0.2) is 5.69 Å². The van der Waals surface area contributed by atoms with Crippen molar-refractivity contribution in [2.24, 2.45) is 0 Å². The predicted octanol–water partition coefficient (Wildman–Crippen LogP) is 0.733. The van der Waals surface area contributed by atoms with E-state index in [1.807, 2.05) is 0 Å². The Bertz CT molecular complexity index is 430. The average molecular weight is 252 g/mol. The summed E-state index contributed by atoms with van der Waals surface area (Å²) in [4.78, 5) is 14.8. The quantitative estimate of drug-likeness (QED) is 0.731. The van der Waals surface area contributed by atoms with Crippen LogP contribution in [0.3, 0.4) is 0 Å². The fraction of sp³-hybridized carbons (Fsp3) is 0.500. The van der Waals surface area contributed by atoms with E-state index in [0.29, 0.717) is 31.9 Å². The standard InChI is InChI=1S/C12H16N2O4/c15-8-12(4-6-18-7-5-12)14-10-3-1-2-9(13-10)11(16)17/h1-3,15H,4-8H2,(H,13,14)(H,16,17). The first-order valence-electron chi connectivity index (χ1n) is 5.82. The number of carbonyl (C=O) groups is 1. The molecule has 2 heterocycles. The molecular weight excluding hydrogens is 236 g/mol. The second-order valence-electron chi connectivity index (χ2n) is 4.39. The number of carboxylic acids is 1. The minimum absolute atomic E-state index is 0.0138. The van der Waals surface area contributed by atoms with E-state index in [0.717, 1.165) is 0 Å². The van der Waals surface area contributed by atoms with Gasteiger partial charge in [-0.2, -0.15) is 0 Å². The number of nitrogens with zero attached hydrogens (tertiary/aromatic N) is 1. The maximum atomic E-state index is 10.8. The molecule has 3 N–H and O–H groups in total. The number of anilines is 1. The maximum Gasteiger partial charge on any atom is 0.354 e. The van der Waals surface area contributed by atoms with Crippen LogP contribution in [-0.4, -0.2) is 46.5 Å². The number of ether oxygens (including phenoxy) is 1. The van der Waals surface area contributed by atoms with Crippen LogP contribution in [-0.2, 0) is 4.74 Å². The number of pyridine rings is 1. The summed E-state index contributed by atoms with van der Waals surface area (Å²) in [6, 6.07) is 4.76. The summed E-state index contributed by atoms with van der Waals surface area (Å²) >= 11 is 0. The topological polar surface area (TPSA) is 91.7 Å². The van der Waals surface area contributed by atoms with Crippen molar-refractivity contribution < 1.29 is 19.7 Å². The normalized spacial score (nSPS) is 18.3. The van der Waals surface area contributed by atoms with Gasteiger partial charge in [0.1, 0.15) is 5.82 Å². The van der Waals surface area contributed by atoms with Gasteiger partial charge >= 0.3 is 5.97 Å². The third-order valence-electron chi connectivity index (χ3n) is 3.11. The first-order chi connectivity index (χ1) is 8.65. The van der Waals surface area contributed by atoms with Gasteiger partial charge in [-0.15, -0.1) is 0 Å². The lowest BCUT2D eigenvalue weighted by Gasteiger charge is -2.36. The molecule has 1 aliphatic heterocycles. The number of aliphatic hydroxyl groups is 1. The zero-order valence-corrected chi connectivity index (χ0v) is 9.93. The van der Waals surface area contributed by atoms with Gasteiger partial charge in [0.05, 0.1) is 12.1 Å². The molecule has 0 bridgehead atoms. The number of aliphatic hydroxyl groups excluding tert-OH is 1. The van der Waals surface area contributed by atoms with Gasteiger partial charge in [0, 0.05) is 13.2 Å². The van der Waals surface area contributed by atoms with Crippen LogP contribution in [0, 0.1) is 0 Å². The Hall–Kier alpha value is -1.66. The van der Waals surface area contributed by atoms with Gasteiger partial charge in [-0.1, -0.05) is 6.07 Å². The molecule has 0 atom stereocenters. The Morgan fingerprint density at radius 1 is 1.44 bits per heavy atom. The van der Waals surface area contributed by atoms with Gasteiger partial charge in [-0.3, -0.25) is 0 Å². The fourth-order valence-electron chi connectivity index (χ4n) is 1.98. The predicted molar refractivity (Wildman–Crippen MR) is 64.7 cm³/mol. The Morgan fingerprint density at radius 2 is 2.17 bits per heavy atom. The zero-order valence-electron chi connectivity index (χ0n) is 9.93. The van der Waals surface area contributed by atoms with Crippen molar-refractivity contribution in [3.05, 3.63) is 23.9 Å². The fourth-order valence-corrected chi connectivity index (χ4v) is 1.98. The van der Waals surface area contributed by atoms with Crippen molar-refractivity contribution in [2.75, 3.05) is 25.1 Å². The summed E-state index contributed by atoms with van der Waals surface area (Å²) < 4.78 is 5.26. The largest absolute Gasteiger partial charge is 0.477 e. The number of nitrogens with one attached hydrogen (secondary N) is 1. The Morgan fingerprint density at radius 3 is 2.78 bits per heavy atom. The van der Waals surface area contributed by atoms with E-state index in [1.54, 1.807) is 12.1 Å². The molecule has 0 unspecified atom stereocenters. The molecule has 1 saturated heterocycles. The molecular formula is C12H16N2O4. The van der Waals surface area contributed by atoms with Crippen LogP contribution < -0.4 is 5.32 Å². The molecule has 0 radical (unpaired) electrons. The first kappa shape index (κ1) is 12.8. The highest BCUT2D eigenvalue weighted by Gasteiger charge is 2.32. The van der Waals surface area contributed by atoms with E-state index in [9.17, 15) is 9.90 Å². The molecule has 18 heavy (non-hydrogen) atoms. The SMILES string of the molecule is O=C(O)c1cccc(NC2(CO)CCOCC2)n1. The number of aromatic nitrogens is 1. The monoisotopic (exact) mass is 252 g/mol. The molecule has 6 heteroatoms. The second-order valence-corrected chi connectivity index (χ2v) is 4.39. The van der Waals surface area contributed by atoms with Crippen molar-refractivity contribution in [1.82, 2.24) is 4.98 Å². The first-order valence-corrected chi connectivity index (χ1v) is 5.82. The summed E-state index contributed by atoms with van der Waals surface area (Å²) in [7, 11) is 0. The van der Waals surface area contributed by atoms with E-state index < -0.39 is 11.5 Å². The van der Waals surface area contributed by atoms with E-state index >= 15 is 0 Å². The molecule has 1 aromatic rings. The summed E-state index contributed by atoms with van der Waals surface area (Å²) in [5.41, 5.74) is -0.484. The number of aromatic carboxylic acids is 1. The van der Waals surface area contributed by atoms with Crippen molar-refractivity contribution >= 4 is 11.8 Å². The van der Waals surface area contributed by atoms with Crippen molar-refractivity contribution in [3.63, 3.8) is 0 Å². The minimum Gasteiger partial charge on any atom is -0.477 e. The Balaban J connectivity index is 2.16. The molecule has 98 valence electrons. The maximum absolute atomic E-state index is 10.8. The molecule has 1 aliphatic rings. The van der Waals surface area contributed by atoms with Gasteiger partial charge in [-0.05, 0) is 25.0 Å². The van der Waals surface area contributed by atoms with E-state index in [-0.39, 0.29) is 12.3 Å². The summed E-state index contributed by atoms with van der Waals surface area (Å²) in [5.74, 6) is -0.602. The average Bonchev–Trinajstić information content (AvgIpc) is 2.40. The van der Waals surface area contributed by atoms with Crippen LogP contribution >= 0.6 is 0 Å². The third kappa shape index (κ3) is 2.77. The van der Waals surface area contributed by atoms with E-state index in [1.165, 1.54) is 6.07 Å². The van der Waals surface area contributed by atoms with Gasteiger partial charge < -0.3 is 20.3 Å². The van der Waals surface area contributed by atoms with Crippen LogP contribution in [0.15, 0.2) is 18.2 Å². The zero-order chi connectivity index (χ0) is 13.0. The highest BCUT2D eigenvalue weighted by molar-refractivity contribution is 5.85. The number of hydrogen-bond acceptors (Lipinski definition) is 5. The van der Waals surface area contributed by atoms with Crippen LogP contribution in [0.4, 0.5) is 5.82 Å². The molecule has 0 aromatic carbocycles. The number of rotatable bonds is 4. The van der Waals surface area contributed by atoms with Crippen LogP contribution in [0.1, 0.15) is 23.3 Å². The molecule has 6 nitrogen and oxygen atoms in total. The van der Waals surface area contributed by atoms with Crippen molar-refractivity contribution in [1.29, 1.82) is 0 Å². The summed E-state index contributed by atoms with van der Waals surface area (Å²) in [5, 5.41) is 21.5. The lowest BCUT2D eigenvalue weighted by molar-refractivity contribution is 0.0378. The van der Waals surface area contributed by atoms with Crippen LogP contribution in [0.25, 0.3) is 0 Å². The Labute approximate surface area is 105 Å². The van der Waals surface area contributed by atoms with Crippen LogP contribution in [0.2, 0.25) is 0 Å². The highest BCUT2D eigenvalue weighted by Crippen LogP contribution is 2.24. The molecule has 0 amide bonds. The third-order valence-corrected chi connectivity index (χ3v) is 3.11. The second kappa shape index (κ2) is 5.32. The van der Waals surface area contributed by atoms with Crippen molar-refractivity contribution in [3.8, 4) is 0 Å². The molecule has 2 rings (SSSR count). The molecule has 1 aromatic heterocycles. The minimum atomic E-state index is -1.07. The van der Waals surface area contributed by atoms with Crippen LogP contribution in [0.5, 0.6) is 0 Å². The van der Waals surface area contributed by atoms with Crippen molar-refractivity contribution in [2.45, 2.75) is 18.4 Å². The number of carboxylic acid groups (broad SMARTS) is 1. The van der Waals surface area contributed by atoms with Gasteiger partial charge in [0.25, 0.3) is 0 Å². The summed E-state index contributed by atoms with van der Waals surface area (Å²) in [6.45, 7) is 1.12. The lowest BCUT2D eigenvalue weighted by Crippen LogP contribution is -2.47. The molecule has 1 fully saturated rings. The Kier molecular flexibility index (Phi) is 3.78.